The van der Waals surface area contributed by atoms with Crippen LogP contribution in [-0.4, -0.2) is 30.1 Å². The summed E-state index contributed by atoms with van der Waals surface area (Å²) in [6, 6.07) is 13.7. The third-order valence-electron chi connectivity index (χ3n) is 5.11. The van der Waals surface area contributed by atoms with E-state index in [0.29, 0.717) is 32.8 Å². The highest BCUT2D eigenvalue weighted by Gasteiger charge is 2.26. The average molecular weight is 482 g/mol. The number of ether oxygens (including phenoxy) is 2. The molecule has 0 bridgehead atoms. The van der Waals surface area contributed by atoms with Gasteiger partial charge in [-0.2, -0.15) is 0 Å². The van der Waals surface area contributed by atoms with Gasteiger partial charge in [0.05, 0.1) is 37.8 Å². The van der Waals surface area contributed by atoms with Crippen LogP contribution in [0.25, 0.3) is 10.6 Å². The molecule has 2 heterocycles. The summed E-state index contributed by atoms with van der Waals surface area (Å²) in [7, 11) is 3.09. The van der Waals surface area contributed by atoms with Gasteiger partial charge in [0.25, 0.3) is 5.91 Å². The number of amides is 1. The van der Waals surface area contributed by atoms with Gasteiger partial charge >= 0.3 is 0 Å². The highest BCUT2D eigenvalue weighted by molar-refractivity contribution is 7.17. The van der Waals surface area contributed by atoms with Crippen molar-refractivity contribution in [1.82, 2.24) is 9.97 Å². The average Bonchev–Trinajstić information content (AvgIpc) is 3.24. The van der Waals surface area contributed by atoms with Crippen LogP contribution >= 0.6 is 11.3 Å². The number of halogens is 2. The van der Waals surface area contributed by atoms with Crippen LogP contribution in [0, 0.1) is 18.6 Å². The molecule has 2 aromatic carbocycles. The predicted molar refractivity (Wildman–Crippen MR) is 126 cm³/mol. The first-order chi connectivity index (χ1) is 16.4. The van der Waals surface area contributed by atoms with Crippen molar-refractivity contribution in [2.24, 2.45) is 0 Å². The topological polar surface area (TPSA) is 64.5 Å². The van der Waals surface area contributed by atoms with Gasteiger partial charge in [-0.15, -0.1) is 11.3 Å². The zero-order valence-corrected chi connectivity index (χ0v) is 19.5. The smallest absolute Gasteiger partial charge is 0.270 e. The van der Waals surface area contributed by atoms with Crippen molar-refractivity contribution in [3.05, 3.63) is 88.7 Å². The third kappa shape index (κ3) is 4.74. The first kappa shape index (κ1) is 23.3. The van der Waals surface area contributed by atoms with Gasteiger partial charge < -0.3 is 9.47 Å². The number of thiazole rings is 1. The molecule has 0 radical (unpaired) electrons. The number of carbonyl (C=O) groups excluding carboxylic acids is 1. The molecule has 1 amide bonds. The Morgan fingerprint density at radius 3 is 2.50 bits per heavy atom. The lowest BCUT2D eigenvalue weighted by Gasteiger charge is -2.22. The van der Waals surface area contributed by atoms with Crippen molar-refractivity contribution in [1.29, 1.82) is 0 Å². The summed E-state index contributed by atoms with van der Waals surface area (Å²) >= 11 is 1.18. The normalized spacial score (nSPS) is 10.7. The number of anilines is 1. The molecular weight excluding hydrogens is 460 g/mol. The molecule has 0 fully saturated rings. The number of aromatic nitrogens is 2. The Morgan fingerprint density at radius 2 is 1.82 bits per heavy atom. The number of methoxy groups -OCH3 is 2. The molecule has 0 atom stereocenters. The summed E-state index contributed by atoms with van der Waals surface area (Å²) in [5.41, 5.74) is 1.75. The molecule has 34 heavy (non-hydrogen) atoms. The van der Waals surface area contributed by atoms with Crippen molar-refractivity contribution in [3.8, 4) is 22.1 Å². The zero-order valence-electron chi connectivity index (χ0n) is 18.7. The number of carbonyl (C=O) groups is 1. The van der Waals surface area contributed by atoms with E-state index in [2.05, 4.69) is 9.97 Å². The maximum absolute atomic E-state index is 14.7. The maximum Gasteiger partial charge on any atom is 0.270 e. The van der Waals surface area contributed by atoms with E-state index < -0.39 is 17.5 Å². The number of nitrogens with zero attached hydrogens (tertiary/aromatic N) is 3. The van der Waals surface area contributed by atoms with Gasteiger partial charge in [0.2, 0.25) is 0 Å². The van der Waals surface area contributed by atoms with Crippen molar-refractivity contribution >= 4 is 22.9 Å². The molecule has 6 nitrogen and oxygen atoms in total. The second-order valence-electron chi connectivity index (χ2n) is 7.31. The molecule has 0 aliphatic heterocycles. The summed E-state index contributed by atoms with van der Waals surface area (Å²) in [6.45, 7) is 1.72. The van der Waals surface area contributed by atoms with Crippen LogP contribution in [-0.2, 0) is 6.54 Å². The number of hydrogen-bond acceptors (Lipinski definition) is 6. The maximum atomic E-state index is 14.7. The summed E-state index contributed by atoms with van der Waals surface area (Å²) in [5, 5.41) is 0.596. The quantitative estimate of drug-likeness (QED) is 0.341. The lowest BCUT2D eigenvalue weighted by atomic mass is 10.2. The fraction of sp³-hybridized carbons (Fsp3) is 0.160. The van der Waals surface area contributed by atoms with Gasteiger partial charge in [-0.25, -0.2) is 13.8 Å². The Bertz CT molecular complexity index is 1330. The molecule has 0 aliphatic rings. The highest BCUT2D eigenvalue weighted by Crippen LogP contribution is 2.36. The Balaban J connectivity index is 1.74. The second-order valence-corrected chi connectivity index (χ2v) is 8.31. The van der Waals surface area contributed by atoms with Crippen LogP contribution < -0.4 is 14.4 Å². The number of aryl methyl sites for hydroxylation is 1. The Hall–Kier alpha value is -3.85. The predicted octanol–water partition coefficient (Wildman–Crippen LogP) is 5.66. The minimum absolute atomic E-state index is 0.00522. The van der Waals surface area contributed by atoms with Crippen LogP contribution in [0.3, 0.4) is 0 Å². The molecular formula is C25H21F2N3O3S. The van der Waals surface area contributed by atoms with Crippen LogP contribution in [0.2, 0.25) is 0 Å². The summed E-state index contributed by atoms with van der Waals surface area (Å²) in [4.78, 5) is 24.0. The number of pyridine rings is 1. The lowest BCUT2D eigenvalue weighted by Crippen LogP contribution is -2.31. The van der Waals surface area contributed by atoms with Crippen LogP contribution in [0.15, 0.2) is 60.8 Å². The van der Waals surface area contributed by atoms with Crippen molar-refractivity contribution in [3.63, 3.8) is 0 Å². The molecule has 4 rings (SSSR count). The second kappa shape index (κ2) is 9.96. The minimum atomic E-state index is -0.841. The van der Waals surface area contributed by atoms with Crippen molar-refractivity contribution in [2.45, 2.75) is 13.5 Å². The van der Waals surface area contributed by atoms with Crippen molar-refractivity contribution in [2.75, 3.05) is 19.1 Å². The first-order valence-corrected chi connectivity index (χ1v) is 11.1. The molecule has 4 aromatic rings. The molecule has 2 aromatic heterocycles. The largest absolute Gasteiger partial charge is 0.493 e. The van der Waals surface area contributed by atoms with E-state index in [-0.39, 0.29) is 12.2 Å². The molecule has 9 heteroatoms. The SMILES string of the molecule is COc1ccc(-c2nc(C)c(C(=O)N(Cc3ccccn3)c3ccc(F)cc3F)s2)cc1OC. The summed E-state index contributed by atoms with van der Waals surface area (Å²) < 4.78 is 38.9. The van der Waals surface area contributed by atoms with E-state index in [1.54, 1.807) is 50.6 Å². The highest BCUT2D eigenvalue weighted by atomic mass is 32.1. The fourth-order valence-electron chi connectivity index (χ4n) is 3.43. The third-order valence-corrected chi connectivity index (χ3v) is 6.31. The van der Waals surface area contributed by atoms with E-state index >= 15 is 0 Å². The fourth-order valence-corrected chi connectivity index (χ4v) is 4.44. The van der Waals surface area contributed by atoms with E-state index in [9.17, 15) is 13.6 Å². The van der Waals surface area contributed by atoms with Gasteiger partial charge in [0.1, 0.15) is 21.5 Å². The van der Waals surface area contributed by atoms with Crippen molar-refractivity contribution < 1.29 is 23.0 Å². The molecule has 0 spiro atoms. The molecule has 174 valence electrons. The molecule has 0 N–H and O–H groups in total. The Kier molecular flexibility index (Phi) is 6.83. The van der Waals surface area contributed by atoms with Gasteiger partial charge in [-0.05, 0) is 49.4 Å². The number of rotatable bonds is 7. The van der Waals surface area contributed by atoms with E-state index in [4.69, 9.17) is 9.47 Å². The monoisotopic (exact) mass is 481 g/mol. The lowest BCUT2D eigenvalue weighted by molar-refractivity contribution is 0.0987. The van der Waals surface area contributed by atoms with E-state index in [1.807, 2.05) is 6.07 Å². The van der Waals surface area contributed by atoms with Gasteiger partial charge in [-0.3, -0.25) is 14.7 Å². The molecule has 0 saturated heterocycles. The summed E-state index contributed by atoms with van der Waals surface area (Å²) in [5.74, 6) is -0.921. The zero-order chi connectivity index (χ0) is 24.2. The van der Waals surface area contributed by atoms with E-state index in [0.717, 1.165) is 17.7 Å². The summed E-state index contributed by atoms with van der Waals surface area (Å²) in [6.07, 6.45) is 1.59. The van der Waals surface area contributed by atoms with Crippen LogP contribution in [0.5, 0.6) is 11.5 Å². The molecule has 0 aliphatic carbocycles. The van der Waals surface area contributed by atoms with Gasteiger partial charge in [0.15, 0.2) is 11.5 Å². The van der Waals surface area contributed by atoms with Crippen LogP contribution in [0.4, 0.5) is 14.5 Å². The van der Waals surface area contributed by atoms with Gasteiger partial charge in [-0.1, -0.05) is 6.07 Å². The van der Waals surface area contributed by atoms with Crippen LogP contribution in [0.1, 0.15) is 21.1 Å². The first-order valence-electron chi connectivity index (χ1n) is 10.3. The number of benzene rings is 2. The standard InChI is InChI=1S/C25H21F2N3O3S/c1-15-23(34-24(29-15)16-7-10-21(32-2)22(12-16)33-3)25(31)30(14-18-6-4-5-11-28-18)20-9-8-17(26)13-19(20)27/h4-13H,14H2,1-3H3. The molecule has 0 unspecified atom stereocenters. The Morgan fingerprint density at radius 1 is 1.03 bits per heavy atom. The Labute approximate surface area is 199 Å². The van der Waals surface area contributed by atoms with Gasteiger partial charge in [0, 0.05) is 17.8 Å². The number of hydrogen-bond donors (Lipinski definition) is 0. The molecule has 0 saturated carbocycles. The van der Waals surface area contributed by atoms with E-state index in [1.165, 1.54) is 29.4 Å². The minimum Gasteiger partial charge on any atom is -0.493 e.